The van der Waals surface area contributed by atoms with Crippen LogP contribution in [0.3, 0.4) is 0 Å². The Morgan fingerprint density at radius 2 is 1.89 bits per heavy atom. The molecule has 1 aliphatic heterocycles. The number of amides is 1. The van der Waals surface area contributed by atoms with Crippen LogP contribution < -0.4 is 9.64 Å². The molecule has 0 unspecified atom stereocenters. The van der Waals surface area contributed by atoms with Crippen molar-refractivity contribution in [1.29, 1.82) is 0 Å². The van der Waals surface area contributed by atoms with E-state index < -0.39 is 10.0 Å². The molecule has 0 atom stereocenters. The van der Waals surface area contributed by atoms with Gasteiger partial charge in [-0.15, -0.1) is 11.3 Å². The Kier molecular flexibility index (Phi) is 7.77. The fraction of sp³-hybridized carbons (Fsp3) is 0.320. The van der Waals surface area contributed by atoms with Crippen molar-refractivity contribution in [3.8, 4) is 5.75 Å². The Morgan fingerprint density at radius 1 is 1.14 bits per heavy atom. The summed E-state index contributed by atoms with van der Waals surface area (Å²) in [6.07, 6.45) is 4.26. The molecule has 0 saturated carbocycles. The number of hydrogen-bond acceptors (Lipinski definition) is 8. The number of carbonyl (C=O) groups excluding carboxylic acids is 1. The number of sulfonamides is 1. The quantitative estimate of drug-likeness (QED) is 0.277. The van der Waals surface area contributed by atoms with Crippen molar-refractivity contribution in [3.05, 3.63) is 64.8 Å². The number of hydrogen-bond donors (Lipinski definition) is 0. The average molecular weight is 577 g/mol. The number of thiazole rings is 1. The molecule has 8 nitrogen and oxygen atoms in total. The molecule has 1 aliphatic rings. The van der Waals surface area contributed by atoms with Crippen molar-refractivity contribution < 1.29 is 17.9 Å². The molecule has 3 aromatic heterocycles. The SMILES string of the molecule is CCOc1cccc2sc(N(Cc3ccncc3)C(=O)C3CCN(S(=O)(=O)c4ccc(Cl)s4)CC3)nc12. The molecule has 1 fully saturated rings. The van der Waals surface area contributed by atoms with E-state index in [1.807, 2.05) is 37.3 Å². The van der Waals surface area contributed by atoms with Crippen LogP contribution in [0.5, 0.6) is 5.75 Å². The molecule has 37 heavy (non-hydrogen) atoms. The Morgan fingerprint density at radius 3 is 2.57 bits per heavy atom. The van der Waals surface area contributed by atoms with Gasteiger partial charge in [-0.25, -0.2) is 13.4 Å². The van der Waals surface area contributed by atoms with E-state index in [-0.39, 0.29) is 29.1 Å². The lowest BCUT2D eigenvalue weighted by molar-refractivity contribution is -0.123. The zero-order valence-electron chi connectivity index (χ0n) is 20.0. The largest absolute Gasteiger partial charge is 0.492 e. The summed E-state index contributed by atoms with van der Waals surface area (Å²) >= 11 is 8.44. The first-order chi connectivity index (χ1) is 17.9. The summed E-state index contributed by atoms with van der Waals surface area (Å²) in [6.45, 7) is 3.32. The molecule has 0 N–H and O–H groups in total. The number of carbonyl (C=O) groups is 1. The molecule has 4 heterocycles. The highest BCUT2D eigenvalue weighted by Gasteiger charge is 2.35. The number of aromatic nitrogens is 2. The van der Waals surface area contributed by atoms with Crippen LogP contribution in [-0.2, 0) is 21.4 Å². The number of pyridine rings is 1. The topological polar surface area (TPSA) is 92.7 Å². The molecular formula is C25H25ClN4O4S3. The second-order valence-corrected chi connectivity index (χ2v) is 13.4. The predicted molar refractivity (Wildman–Crippen MR) is 147 cm³/mol. The number of nitrogens with zero attached hydrogens (tertiary/aromatic N) is 4. The fourth-order valence-electron chi connectivity index (χ4n) is 4.34. The number of fused-ring (bicyclic) bond motifs is 1. The van der Waals surface area contributed by atoms with Gasteiger partial charge in [-0.3, -0.25) is 14.7 Å². The molecule has 1 saturated heterocycles. The number of halogens is 1. The molecular weight excluding hydrogens is 552 g/mol. The minimum absolute atomic E-state index is 0.0648. The first-order valence-electron chi connectivity index (χ1n) is 11.8. The highest BCUT2D eigenvalue weighted by Crippen LogP contribution is 2.37. The van der Waals surface area contributed by atoms with Gasteiger partial charge in [-0.1, -0.05) is 29.0 Å². The summed E-state index contributed by atoms with van der Waals surface area (Å²) in [5.41, 5.74) is 1.66. The van der Waals surface area contributed by atoms with E-state index in [0.717, 1.165) is 27.1 Å². The van der Waals surface area contributed by atoms with Crippen LogP contribution in [0.15, 0.2) is 59.1 Å². The van der Waals surface area contributed by atoms with E-state index >= 15 is 0 Å². The van der Waals surface area contributed by atoms with Crippen molar-refractivity contribution in [2.75, 3.05) is 24.6 Å². The van der Waals surface area contributed by atoms with Crippen LogP contribution in [0.1, 0.15) is 25.3 Å². The molecule has 5 rings (SSSR count). The predicted octanol–water partition coefficient (Wildman–Crippen LogP) is 5.44. The highest BCUT2D eigenvalue weighted by atomic mass is 35.5. The molecule has 0 aliphatic carbocycles. The van der Waals surface area contributed by atoms with E-state index in [1.165, 1.54) is 21.7 Å². The molecule has 1 amide bonds. The van der Waals surface area contributed by atoms with Crippen LogP contribution >= 0.6 is 34.3 Å². The van der Waals surface area contributed by atoms with Crippen LogP contribution in [0.25, 0.3) is 10.2 Å². The number of para-hydroxylation sites is 1. The van der Waals surface area contributed by atoms with Crippen LogP contribution in [-0.4, -0.2) is 48.3 Å². The third kappa shape index (κ3) is 5.51. The average Bonchev–Trinajstić information content (AvgIpc) is 3.55. The van der Waals surface area contributed by atoms with Crippen molar-refractivity contribution >= 4 is 65.6 Å². The molecule has 194 valence electrons. The molecule has 0 spiro atoms. The van der Waals surface area contributed by atoms with Crippen molar-refractivity contribution in [2.45, 2.75) is 30.5 Å². The Labute approximate surface area is 228 Å². The molecule has 4 aromatic rings. The fourth-order valence-corrected chi connectivity index (χ4v) is 8.43. The number of rotatable bonds is 8. The normalized spacial score (nSPS) is 15.2. The van der Waals surface area contributed by atoms with Crippen molar-refractivity contribution in [3.63, 3.8) is 0 Å². The Hall–Kier alpha value is -2.57. The van der Waals surface area contributed by atoms with Crippen molar-refractivity contribution in [1.82, 2.24) is 14.3 Å². The maximum absolute atomic E-state index is 13.9. The van der Waals surface area contributed by atoms with E-state index in [9.17, 15) is 13.2 Å². The standard InChI is InChI=1S/C25H25ClN4O4S3/c1-2-34-19-4-3-5-20-23(19)28-25(35-20)30(16-17-8-12-27-13-9-17)24(31)18-10-14-29(15-11-18)37(32,33)22-7-6-21(26)36-22/h3-9,12-13,18H,2,10-11,14-16H2,1H3. The summed E-state index contributed by atoms with van der Waals surface area (Å²) in [4.78, 5) is 24.5. The Balaban J connectivity index is 1.39. The maximum Gasteiger partial charge on any atom is 0.252 e. The van der Waals surface area contributed by atoms with Crippen LogP contribution in [0.4, 0.5) is 5.13 Å². The Bertz CT molecular complexity index is 1500. The number of benzene rings is 1. The third-order valence-corrected chi connectivity index (χ3v) is 10.8. The van der Waals surface area contributed by atoms with Gasteiger partial charge < -0.3 is 4.74 Å². The van der Waals surface area contributed by atoms with Crippen LogP contribution in [0.2, 0.25) is 4.34 Å². The monoisotopic (exact) mass is 576 g/mol. The lowest BCUT2D eigenvalue weighted by Crippen LogP contribution is -2.44. The van der Waals surface area contributed by atoms with Gasteiger partial charge in [0.2, 0.25) is 5.91 Å². The smallest absolute Gasteiger partial charge is 0.252 e. The number of thiophene rings is 1. The number of piperidine rings is 1. The zero-order valence-corrected chi connectivity index (χ0v) is 23.2. The lowest BCUT2D eigenvalue weighted by Gasteiger charge is -2.32. The minimum Gasteiger partial charge on any atom is -0.492 e. The highest BCUT2D eigenvalue weighted by molar-refractivity contribution is 7.91. The number of ether oxygens (including phenoxy) is 1. The summed E-state index contributed by atoms with van der Waals surface area (Å²) in [7, 11) is -3.63. The van der Waals surface area contributed by atoms with E-state index in [4.69, 9.17) is 21.3 Å². The maximum atomic E-state index is 13.9. The summed E-state index contributed by atoms with van der Waals surface area (Å²) in [6, 6.07) is 12.6. The molecule has 12 heteroatoms. The van der Waals surface area contributed by atoms with Gasteiger partial charge in [0.15, 0.2) is 5.13 Å². The minimum atomic E-state index is -3.63. The first-order valence-corrected chi connectivity index (χ1v) is 15.3. The van der Waals surface area contributed by atoms with Gasteiger partial charge >= 0.3 is 0 Å². The van der Waals surface area contributed by atoms with Gasteiger partial charge in [0, 0.05) is 31.4 Å². The van der Waals surface area contributed by atoms with Crippen molar-refractivity contribution in [2.24, 2.45) is 5.92 Å². The van der Waals surface area contributed by atoms with E-state index in [1.54, 1.807) is 23.4 Å². The van der Waals surface area contributed by atoms with Gasteiger partial charge in [0.25, 0.3) is 10.0 Å². The third-order valence-electron chi connectivity index (χ3n) is 6.20. The molecule has 1 aromatic carbocycles. The van der Waals surface area contributed by atoms with Gasteiger partial charge in [0.1, 0.15) is 15.5 Å². The van der Waals surface area contributed by atoms with Gasteiger partial charge in [-0.05, 0) is 61.7 Å². The molecule has 0 radical (unpaired) electrons. The zero-order chi connectivity index (χ0) is 26.0. The lowest BCUT2D eigenvalue weighted by atomic mass is 9.96. The van der Waals surface area contributed by atoms with Gasteiger partial charge in [-0.2, -0.15) is 4.31 Å². The van der Waals surface area contributed by atoms with Crippen LogP contribution in [0, 0.1) is 5.92 Å². The summed E-state index contributed by atoms with van der Waals surface area (Å²) < 4.78 is 34.8. The second-order valence-electron chi connectivity index (χ2n) is 8.55. The first kappa shape index (κ1) is 26.1. The summed E-state index contributed by atoms with van der Waals surface area (Å²) in [5, 5.41) is 0.590. The molecule has 0 bridgehead atoms. The van der Waals surface area contributed by atoms with E-state index in [2.05, 4.69) is 4.98 Å². The summed E-state index contributed by atoms with van der Waals surface area (Å²) in [5.74, 6) is 0.301. The van der Waals surface area contributed by atoms with Gasteiger partial charge in [0.05, 0.1) is 22.2 Å². The second kappa shape index (κ2) is 11.0. The van der Waals surface area contributed by atoms with E-state index in [0.29, 0.717) is 41.2 Å². The number of anilines is 1.